The molecule has 1 aliphatic carbocycles. The van der Waals surface area contributed by atoms with Crippen LogP contribution in [0.15, 0.2) is 18.2 Å². The molecule has 0 amide bonds. The molecule has 0 aliphatic heterocycles. The van der Waals surface area contributed by atoms with Crippen molar-refractivity contribution in [2.75, 3.05) is 5.73 Å². The summed E-state index contributed by atoms with van der Waals surface area (Å²) in [5.74, 6) is -0.822. The molecule has 0 saturated heterocycles. The molecule has 2 rings (SSSR count). The minimum Gasteiger partial charge on any atom is -0.399 e. The van der Waals surface area contributed by atoms with Crippen LogP contribution in [0.4, 0.5) is 5.69 Å². The minimum atomic E-state index is -0.717. The van der Waals surface area contributed by atoms with E-state index in [0.29, 0.717) is 29.1 Å². The fourth-order valence-corrected chi connectivity index (χ4v) is 2.81. The predicted molar refractivity (Wildman–Crippen MR) is 71.6 cm³/mol. The number of rotatable bonds is 1. The number of nitrogen functional groups attached to an aromatic ring is 1. The van der Waals surface area contributed by atoms with Gasteiger partial charge in [0.25, 0.3) is 0 Å². The highest BCUT2D eigenvalue weighted by Gasteiger charge is 2.40. The molecule has 1 saturated carbocycles. The molecule has 1 aliphatic rings. The van der Waals surface area contributed by atoms with Crippen LogP contribution < -0.4 is 5.73 Å². The predicted octanol–water partition coefficient (Wildman–Crippen LogP) is 2.96. The van der Waals surface area contributed by atoms with E-state index in [1.165, 1.54) is 0 Å². The van der Waals surface area contributed by atoms with Crippen LogP contribution in [0.5, 0.6) is 0 Å². The van der Waals surface area contributed by atoms with Crippen LogP contribution >= 0.6 is 11.6 Å². The lowest BCUT2D eigenvalue weighted by Crippen LogP contribution is -2.36. The molecule has 0 radical (unpaired) electrons. The van der Waals surface area contributed by atoms with Crippen molar-refractivity contribution < 1.29 is 9.59 Å². The summed E-state index contributed by atoms with van der Waals surface area (Å²) in [6, 6.07) is 4.93. The maximum atomic E-state index is 12.1. The SMILES string of the molecule is CC1(C)CC(=O)C(c2ccc(N)cc2Cl)C(=O)C1. The van der Waals surface area contributed by atoms with Crippen LogP contribution in [0.25, 0.3) is 0 Å². The molecule has 0 unspecified atom stereocenters. The van der Waals surface area contributed by atoms with Crippen molar-refractivity contribution in [2.24, 2.45) is 5.41 Å². The van der Waals surface area contributed by atoms with E-state index in [4.69, 9.17) is 17.3 Å². The molecule has 0 bridgehead atoms. The molecule has 18 heavy (non-hydrogen) atoms. The van der Waals surface area contributed by atoms with E-state index >= 15 is 0 Å². The average Bonchev–Trinajstić information content (AvgIpc) is 2.18. The third-order valence-electron chi connectivity index (χ3n) is 3.29. The Labute approximate surface area is 111 Å². The van der Waals surface area contributed by atoms with E-state index in [2.05, 4.69) is 0 Å². The van der Waals surface area contributed by atoms with Crippen molar-refractivity contribution in [3.05, 3.63) is 28.8 Å². The van der Waals surface area contributed by atoms with Crippen molar-refractivity contribution >= 4 is 28.9 Å². The maximum absolute atomic E-state index is 12.1. The molecule has 0 aromatic heterocycles. The molecule has 3 nitrogen and oxygen atoms in total. The van der Waals surface area contributed by atoms with E-state index in [0.717, 1.165) is 0 Å². The monoisotopic (exact) mass is 265 g/mol. The Bertz CT molecular complexity index is 503. The first-order chi connectivity index (χ1) is 8.30. The summed E-state index contributed by atoms with van der Waals surface area (Å²) >= 11 is 6.08. The first-order valence-electron chi connectivity index (χ1n) is 5.90. The van der Waals surface area contributed by atoms with Gasteiger partial charge in [-0.2, -0.15) is 0 Å². The summed E-state index contributed by atoms with van der Waals surface area (Å²) in [6.07, 6.45) is 0.814. The number of benzene rings is 1. The van der Waals surface area contributed by atoms with Crippen LogP contribution in [0.1, 0.15) is 38.2 Å². The first-order valence-corrected chi connectivity index (χ1v) is 6.28. The summed E-state index contributed by atoms with van der Waals surface area (Å²) in [5, 5.41) is 0.390. The van der Waals surface area contributed by atoms with Crippen molar-refractivity contribution in [1.82, 2.24) is 0 Å². The lowest BCUT2D eigenvalue weighted by atomic mass is 9.69. The van der Waals surface area contributed by atoms with Gasteiger partial charge in [0.1, 0.15) is 17.5 Å². The van der Waals surface area contributed by atoms with Gasteiger partial charge in [0.05, 0.1) is 0 Å². The lowest BCUT2D eigenvalue weighted by Gasteiger charge is -2.32. The second-order valence-corrected chi connectivity index (χ2v) is 6.07. The lowest BCUT2D eigenvalue weighted by molar-refractivity contribution is -0.135. The van der Waals surface area contributed by atoms with Gasteiger partial charge in [0.15, 0.2) is 0 Å². The molecule has 4 heteroatoms. The normalized spacial score (nSPS) is 20.2. The molecule has 1 aromatic rings. The summed E-state index contributed by atoms with van der Waals surface area (Å²) in [7, 11) is 0. The first kappa shape index (κ1) is 13.1. The Morgan fingerprint density at radius 3 is 2.28 bits per heavy atom. The van der Waals surface area contributed by atoms with Gasteiger partial charge in [-0.3, -0.25) is 9.59 Å². The zero-order chi connectivity index (χ0) is 13.5. The Kier molecular flexibility index (Phi) is 3.20. The number of ketones is 2. The highest BCUT2D eigenvalue weighted by Crippen LogP contribution is 2.40. The van der Waals surface area contributed by atoms with E-state index in [1.54, 1.807) is 18.2 Å². The Morgan fingerprint density at radius 2 is 1.78 bits per heavy atom. The zero-order valence-electron chi connectivity index (χ0n) is 10.5. The smallest absolute Gasteiger partial charge is 0.148 e. The molecule has 96 valence electrons. The standard InChI is InChI=1S/C14H16ClNO2/c1-14(2)6-11(17)13(12(18)7-14)9-4-3-8(16)5-10(9)15/h3-5,13H,6-7,16H2,1-2H3. The third kappa shape index (κ3) is 2.41. The Balaban J connectivity index is 2.39. The van der Waals surface area contributed by atoms with Gasteiger partial charge < -0.3 is 5.73 Å². The molecular weight excluding hydrogens is 250 g/mol. The van der Waals surface area contributed by atoms with Crippen LogP contribution in [-0.2, 0) is 9.59 Å². The third-order valence-corrected chi connectivity index (χ3v) is 3.61. The van der Waals surface area contributed by atoms with E-state index in [9.17, 15) is 9.59 Å². The topological polar surface area (TPSA) is 60.2 Å². The second kappa shape index (κ2) is 4.39. The maximum Gasteiger partial charge on any atom is 0.148 e. The van der Waals surface area contributed by atoms with Crippen LogP contribution in [0.3, 0.4) is 0 Å². The van der Waals surface area contributed by atoms with Gasteiger partial charge in [-0.15, -0.1) is 0 Å². The Hall–Kier alpha value is -1.35. The summed E-state index contributed by atoms with van der Waals surface area (Å²) in [4.78, 5) is 24.3. The van der Waals surface area contributed by atoms with Crippen molar-refractivity contribution in [1.29, 1.82) is 0 Å². The number of anilines is 1. The average molecular weight is 266 g/mol. The molecule has 2 N–H and O–H groups in total. The van der Waals surface area contributed by atoms with Gasteiger partial charge in [0, 0.05) is 23.6 Å². The molecule has 0 spiro atoms. The molecule has 0 atom stereocenters. The number of Topliss-reactive ketones (excluding diaryl/α,β-unsaturated/α-hetero) is 2. The number of nitrogens with two attached hydrogens (primary N) is 1. The highest BCUT2D eigenvalue weighted by atomic mass is 35.5. The van der Waals surface area contributed by atoms with Crippen LogP contribution in [0, 0.1) is 5.41 Å². The van der Waals surface area contributed by atoms with E-state index in [1.807, 2.05) is 13.8 Å². The van der Waals surface area contributed by atoms with Gasteiger partial charge in [-0.1, -0.05) is 31.5 Å². The number of carbonyl (C=O) groups is 2. The van der Waals surface area contributed by atoms with Crippen molar-refractivity contribution in [3.8, 4) is 0 Å². The highest BCUT2D eigenvalue weighted by molar-refractivity contribution is 6.32. The molecular formula is C14H16ClNO2. The fraction of sp³-hybridized carbons (Fsp3) is 0.429. The van der Waals surface area contributed by atoms with E-state index < -0.39 is 5.92 Å². The van der Waals surface area contributed by atoms with Crippen molar-refractivity contribution in [3.63, 3.8) is 0 Å². The Morgan fingerprint density at radius 1 is 1.22 bits per heavy atom. The molecule has 1 fully saturated rings. The van der Waals surface area contributed by atoms with E-state index in [-0.39, 0.29) is 17.0 Å². The van der Waals surface area contributed by atoms with Crippen LogP contribution in [-0.4, -0.2) is 11.6 Å². The molecule has 1 aromatic carbocycles. The number of halogens is 1. The number of hydrogen-bond donors (Lipinski definition) is 1. The quantitative estimate of drug-likeness (QED) is 0.627. The van der Waals surface area contributed by atoms with Gasteiger partial charge in [0.2, 0.25) is 0 Å². The fourth-order valence-electron chi connectivity index (χ4n) is 2.51. The number of carbonyl (C=O) groups excluding carboxylic acids is 2. The van der Waals surface area contributed by atoms with Gasteiger partial charge in [-0.25, -0.2) is 0 Å². The van der Waals surface area contributed by atoms with Gasteiger partial charge >= 0.3 is 0 Å². The zero-order valence-corrected chi connectivity index (χ0v) is 11.3. The van der Waals surface area contributed by atoms with Crippen molar-refractivity contribution in [2.45, 2.75) is 32.6 Å². The summed E-state index contributed by atoms with van der Waals surface area (Å²) in [6.45, 7) is 3.87. The summed E-state index contributed by atoms with van der Waals surface area (Å²) < 4.78 is 0. The van der Waals surface area contributed by atoms with Crippen LogP contribution in [0.2, 0.25) is 5.02 Å². The summed E-state index contributed by atoms with van der Waals surface area (Å²) in [5.41, 5.74) is 6.48. The number of hydrogen-bond acceptors (Lipinski definition) is 3. The minimum absolute atomic E-state index is 0.0529. The molecule has 0 heterocycles. The van der Waals surface area contributed by atoms with Gasteiger partial charge in [-0.05, 0) is 23.1 Å². The largest absolute Gasteiger partial charge is 0.399 e. The second-order valence-electron chi connectivity index (χ2n) is 5.66.